The van der Waals surface area contributed by atoms with Crippen LogP contribution in [0.1, 0.15) is 359 Å². The third-order valence-corrected chi connectivity index (χ3v) is 29.4. The van der Waals surface area contributed by atoms with E-state index in [0.717, 1.165) is 192 Å². The zero-order valence-electron chi connectivity index (χ0n) is 86.1. The summed E-state index contributed by atoms with van der Waals surface area (Å²) in [6.07, 6.45) is 34.5. The minimum Gasteiger partial charge on any atom is -0.395 e. The first-order valence-corrected chi connectivity index (χ1v) is 52.4. The maximum atomic E-state index is 11.3. The van der Waals surface area contributed by atoms with Crippen molar-refractivity contribution in [2.45, 2.75) is 464 Å². The number of aryl methyl sites for hydroxylation is 9. The minimum atomic E-state index is -1.21. The topological polar surface area (TPSA) is 457 Å². The number of aliphatic hydroxyl groups excluding tert-OH is 4. The molecule has 133 heavy (non-hydrogen) atoms. The summed E-state index contributed by atoms with van der Waals surface area (Å²) in [7, 11) is 0. The van der Waals surface area contributed by atoms with E-state index in [1.54, 1.807) is 5.56 Å². The van der Waals surface area contributed by atoms with Crippen LogP contribution in [0.15, 0.2) is 0 Å². The number of carbonyl (C=O) groups is 2. The van der Waals surface area contributed by atoms with Crippen LogP contribution >= 0.6 is 0 Å². The van der Waals surface area contributed by atoms with Crippen molar-refractivity contribution in [2.75, 3.05) is 72.4 Å². The van der Waals surface area contributed by atoms with Crippen LogP contribution in [-0.2, 0) is 105 Å². The van der Waals surface area contributed by atoms with Crippen molar-refractivity contribution in [2.24, 2.45) is 17.2 Å². The van der Waals surface area contributed by atoms with E-state index in [0.29, 0.717) is 144 Å². The van der Waals surface area contributed by atoms with Crippen molar-refractivity contribution in [1.82, 2.24) is 67.5 Å². The lowest BCUT2D eigenvalue weighted by atomic mass is 9.88. The van der Waals surface area contributed by atoms with Crippen LogP contribution in [0, 0.1) is 34.6 Å². The van der Waals surface area contributed by atoms with Crippen LogP contribution in [0.4, 0.5) is 0 Å². The van der Waals surface area contributed by atoms with E-state index in [1.807, 2.05) is 20.8 Å². The van der Waals surface area contributed by atoms with Gasteiger partial charge in [-0.2, -0.15) is 0 Å². The fraction of sp³-hybridized carbons (Fsp3) is 0.790. The number of hydrogen-bond acceptors (Lipinski definition) is 23. The highest BCUT2D eigenvalue weighted by Crippen LogP contribution is 2.44. The molecular weight excluding hydrogens is 1680 g/mol. The molecule has 0 aromatic carbocycles. The number of fused-ring (bicyclic) bond motifs is 6. The number of hydrogen-bond donors (Lipinski definition) is 23. The van der Waals surface area contributed by atoms with Gasteiger partial charge in [0.1, 0.15) is 11.6 Å². The molecule has 0 saturated heterocycles. The number of rotatable bonds is 40. The van der Waals surface area contributed by atoms with Gasteiger partial charge >= 0.3 is 0 Å². The van der Waals surface area contributed by atoms with Crippen molar-refractivity contribution in [3.63, 3.8) is 0 Å². The van der Waals surface area contributed by atoms with E-state index in [2.05, 4.69) is 178 Å². The predicted octanol–water partition coefficient (Wildman–Crippen LogP) is 11.8. The molecule has 0 radical (unpaired) electrons. The van der Waals surface area contributed by atoms with E-state index < -0.39 is 17.4 Å². The van der Waals surface area contributed by atoms with Crippen molar-refractivity contribution in [3.8, 4) is 11.3 Å². The van der Waals surface area contributed by atoms with E-state index in [4.69, 9.17) is 51.8 Å². The summed E-state index contributed by atoms with van der Waals surface area (Å²) < 4.78 is 17.8. The predicted molar refractivity (Wildman–Crippen MR) is 540 cm³/mol. The van der Waals surface area contributed by atoms with E-state index >= 15 is 0 Å². The maximum absolute atomic E-state index is 11.3. The van der Waals surface area contributed by atoms with Gasteiger partial charge in [0.25, 0.3) is 0 Å². The Balaban J connectivity index is 0.000000217. The van der Waals surface area contributed by atoms with Crippen LogP contribution in [0.2, 0.25) is 0 Å². The summed E-state index contributed by atoms with van der Waals surface area (Å²) in [4.78, 5) is 39.8. The largest absolute Gasteiger partial charge is 0.395 e. The molecule has 4 saturated carbocycles. The third-order valence-electron chi connectivity index (χ3n) is 29.4. The summed E-state index contributed by atoms with van der Waals surface area (Å²) in [6, 6.07) is 5.17. The second-order valence-electron chi connectivity index (χ2n) is 40.0. The highest BCUT2D eigenvalue weighted by molar-refractivity contribution is 5.80. The molecule has 18 atom stereocenters. The Morgan fingerprint density at radius 3 is 1.05 bits per heavy atom. The molecule has 5 heterocycles. The summed E-state index contributed by atoms with van der Waals surface area (Å²) in [6.45, 7) is 44.7. The molecule has 8 aliphatic carbocycles. The normalized spacial score (nSPS) is 24.7. The molecule has 0 bridgehead atoms. The fourth-order valence-electron chi connectivity index (χ4n) is 21.7. The van der Waals surface area contributed by atoms with Gasteiger partial charge in [0, 0.05) is 235 Å². The molecule has 26 N–H and O–H groups in total. The fourth-order valence-corrected chi connectivity index (χ4v) is 21.7. The number of aromatic nitrogens is 5. The minimum absolute atomic E-state index is 0.112. The number of nitrogens with one attached hydrogen (secondary N) is 13. The molecule has 5 aromatic heterocycles. The van der Waals surface area contributed by atoms with Crippen molar-refractivity contribution in [1.29, 1.82) is 0 Å². The molecule has 0 aliphatic heterocycles. The molecule has 4 fully saturated rings. The number of nitrogens with two attached hydrogens (primary N) is 3. The Morgan fingerprint density at radius 2 is 0.714 bits per heavy atom. The van der Waals surface area contributed by atoms with Gasteiger partial charge in [-0.3, -0.25) is 9.59 Å². The van der Waals surface area contributed by atoms with Gasteiger partial charge in [-0.05, 0) is 276 Å². The second kappa shape index (κ2) is 58.2. The summed E-state index contributed by atoms with van der Waals surface area (Å²) in [5, 5.41) is 96.3. The number of carbonyl (C=O) groups excluding carboxylic acids is 2. The molecule has 18 unspecified atom stereocenters. The molecule has 28 nitrogen and oxygen atoms in total. The number of H-pyrrole nitrogens is 5. The van der Waals surface area contributed by atoms with Crippen molar-refractivity contribution < 1.29 is 59.5 Å². The molecule has 0 amide bonds. The summed E-state index contributed by atoms with van der Waals surface area (Å²) in [5.74, 6) is -2.84. The number of ketones is 2. The summed E-state index contributed by atoms with van der Waals surface area (Å²) in [5.41, 5.74) is 42.9. The molecule has 762 valence electrons. The Kier molecular flexibility index (Phi) is 50.3. The lowest BCUT2D eigenvalue weighted by Gasteiger charge is -2.36. The van der Waals surface area contributed by atoms with Crippen LogP contribution in [0.3, 0.4) is 0 Å². The SMILES string of the molecule is CC(CO)NC1CCCC(=O)C1.CC(CO)NC1CCCC(NC(C)CO)C1.CCC(N)C(C)NC1CCCC(=O)C1.CCC(N)C(C)NC1CCCC(NC(C)C(N)CC)C1.CCc1[nH]c2c(c1C)CCc1[nH]c(CC)c(C)c1-2.CCc1c(C)[nH]c2c1C(O)(OCCNCCO)CCC2.CCc1c(C)[nH]c2c1C(O)(OCCNCCOC1(O)CCCc3[nH]c(C)c(CC)c31)CCC2. The molecular formula is C105H190N16O12. The first-order chi connectivity index (χ1) is 63.6. The van der Waals surface area contributed by atoms with Crippen molar-refractivity contribution in [3.05, 3.63) is 101 Å². The van der Waals surface area contributed by atoms with Crippen LogP contribution in [0.25, 0.3) is 11.3 Å². The smallest absolute Gasteiger partial charge is 0.194 e. The average molecular weight is 1870 g/mol. The molecule has 5 aromatic rings. The van der Waals surface area contributed by atoms with Crippen LogP contribution < -0.4 is 59.7 Å². The van der Waals surface area contributed by atoms with Crippen LogP contribution in [-0.4, -0.2) is 235 Å². The Labute approximate surface area is 800 Å². The first kappa shape index (κ1) is 115. The van der Waals surface area contributed by atoms with E-state index in [-0.39, 0.29) is 62.7 Å². The lowest BCUT2D eigenvalue weighted by molar-refractivity contribution is -0.223. The average Bonchev–Trinajstić information content (AvgIpc) is 1.62. The zero-order chi connectivity index (χ0) is 97.7. The van der Waals surface area contributed by atoms with E-state index in [1.165, 1.54) is 108 Å². The van der Waals surface area contributed by atoms with Gasteiger partial charge in [0.15, 0.2) is 17.4 Å². The quantitative estimate of drug-likeness (QED) is 0.0128. The second-order valence-corrected chi connectivity index (χ2v) is 40.0. The molecule has 28 heteroatoms. The number of ether oxygens (including phenoxy) is 3. The monoisotopic (exact) mass is 1870 g/mol. The number of aromatic amines is 5. The van der Waals surface area contributed by atoms with Gasteiger partial charge in [-0.15, -0.1) is 0 Å². The number of Topliss-reactive ketones (excluding diaryl/α,β-unsaturated/α-hetero) is 2. The van der Waals surface area contributed by atoms with Crippen molar-refractivity contribution >= 4 is 11.6 Å². The lowest BCUT2D eigenvalue weighted by Crippen LogP contribution is -2.53. The van der Waals surface area contributed by atoms with Gasteiger partial charge in [0.05, 0.1) is 51.9 Å². The van der Waals surface area contributed by atoms with Gasteiger partial charge < -0.3 is 135 Å². The Morgan fingerprint density at radius 1 is 0.383 bits per heavy atom. The van der Waals surface area contributed by atoms with Gasteiger partial charge in [0.2, 0.25) is 0 Å². The van der Waals surface area contributed by atoms with Gasteiger partial charge in [-0.1, -0.05) is 68.2 Å². The van der Waals surface area contributed by atoms with E-state index in [9.17, 15) is 24.9 Å². The highest BCUT2D eigenvalue weighted by Gasteiger charge is 2.43. The number of aliphatic hydroxyl groups is 7. The first-order valence-electron chi connectivity index (χ1n) is 52.4. The van der Waals surface area contributed by atoms with Gasteiger partial charge in [-0.25, -0.2) is 0 Å². The third kappa shape index (κ3) is 34.1. The summed E-state index contributed by atoms with van der Waals surface area (Å²) >= 11 is 0. The zero-order valence-corrected chi connectivity index (χ0v) is 86.1. The molecule has 0 spiro atoms. The standard InChI is InChI=1S/C26H41N3O4.C16H36N4.C16H22N2.C15H26N2O3.C12H26N2O2.C11H22N2O.C9H17NO2/c1-5-19-17(3)28-21-9-7-11-25(30,23(19)21)32-15-13-27-14-16-33-26(31)12-8-10-22-24(26)20(6-2)18(4)29-22;1-5-15(17)11(3)19-13-8-7-9-14(10-13)20-12(4)16(18)6-2;1-5-12-9(3)11-7-8-14-15(16(11)18-12)10(4)13(6-2)17-14;1-3-12-11(2)17-13-5-4-6-15(19,14(12)13)20-10-8-16-7-9-18;1-9(7-15)13-11-4-3-5-12(6-11)14-10(2)8-16;1-3-11(12)8(2)13-9-5-4-6-10(14)7-9;1-7(6-11)10-8-3-2-4-9(12)5-8/h27-31H,5-16H2,1-4H3;11-16,19-20H,5-10,17-18H2,1-4H3;17-18H,5-8H2,1-4H3;16-19H,3-10H2,1-2H3;9-16H,3-8H2,1-2H3;8-9,11,13H,3-7,12H2,1-2H3;7-8,10-11H,2-6H2,1H3. The highest BCUT2D eigenvalue weighted by atomic mass is 16.6. The maximum Gasteiger partial charge on any atom is 0.194 e. The Hall–Kier alpha value is -5.10. The molecule has 13 rings (SSSR count). The Bertz CT molecular complexity index is 4040. The van der Waals surface area contributed by atoms with Crippen LogP contribution in [0.5, 0.6) is 0 Å². The molecule has 8 aliphatic rings.